The van der Waals surface area contributed by atoms with Gasteiger partial charge in [-0.25, -0.2) is 0 Å². The predicted molar refractivity (Wildman–Crippen MR) is 78.1 cm³/mol. The molecule has 0 saturated heterocycles. The highest BCUT2D eigenvalue weighted by molar-refractivity contribution is 7.13. The molecule has 0 aromatic carbocycles. The third-order valence-electron chi connectivity index (χ3n) is 2.86. The first-order chi connectivity index (χ1) is 7.89. The molecule has 17 heavy (non-hydrogen) atoms. The third-order valence-corrected chi connectivity index (χ3v) is 5.55. The normalized spacial score (nSPS) is 13.9. The van der Waals surface area contributed by atoms with Crippen LogP contribution in [0.1, 0.15) is 47.0 Å². The first kappa shape index (κ1) is 12.8. The molecule has 0 aliphatic rings. The molecule has 1 nitrogen and oxygen atoms in total. The average Bonchev–Trinajstić information content (AvgIpc) is 2.83. The molecule has 0 fully saturated rings. The first-order valence-corrected chi connectivity index (χ1v) is 7.49. The fourth-order valence-electron chi connectivity index (χ4n) is 1.76. The summed E-state index contributed by atoms with van der Waals surface area (Å²) in [6.07, 6.45) is 0. The Morgan fingerprint density at radius 1 is 1.18 bits per heavy atom. The van der Waals surface area contributed by atoms with Gasteiger partial charge in [-0.1, -0.05) is 20.8 Å². The van der Waals surface area contributed by atoms with E-state index in [1.54, 1.807) is 11.3 Å². The highest BCUT2D eigenvalue weighted by Gasteiger charge is 2.20. The van der Waals surface area contributed by atoms with E-state index in [1.165, 1.54) is 20.2 Å². The number of hydrogen-bond donors (Lipinski definition) is 1. The van der Waals surface area contributed by atoms with Crippen LogP contribution in [0.3, 0.4) is 0 Å². The molecular formula is C14H19NS2. The molecule has 0 radical (unpaired) electrons. The second-order valence-electron chi connectivity index (χ2n) is 5.40. The topological polar surface area (TPSA) is 26.0 Å². The van der Waals surface area contributed by atoms with E-state index in [1.807, 2.05) is 11.3 Å². The van der Waals surface area contributed by atoms with E-state index in [0.717, 1.165) is 0 Å². The maximum Gasteiger partial charge on any atom is 0.0742 e. The van der Waals surface area contributed by atoms with E-state index in [2.05, 4.69) is 51.3 Å². The Morgan fingerprint density at radius 2 is 1.88 bits per heavy atom. The van der Waals surface area contributed by atoms with Crippen LogP contribution in [-0.4, -0.2) is 0 Å². The molecule has 92 valence electrons. The Labute approximate surface area is 111 Å². The minimum absolute atomic E-state index is 0.0381. The highest BCUT2D eigenvalue weighted by atomic mass is 32.1. The summed E-state index contributed by atoms with van der Waals surface area (Å²) in [5, 5.41) is 2.11. The maximum atomic E-state index is 6.34. The van der Waals surface area contributed by atoms with Crippen LogP contribution in [-0.2, 0) is 5.41 Å². The van der Waals surface area contributed by atoms with Gasteiger partial charge in [-0.3, -0.25) is 0 Å². The average molecular weight is 265 g/mol. The van der Waals surface area contributed by atoms with Gasteiger partial charge in [0.2, 0.25) is 0 Å². The Kier molecular flexibility index (Phi) is 3.43. The molecule has 0 amide bonds. The molecule has 0 spiro atoms. The summed E-state index contributed by atoms with van der Waals surface area (Å²) < 4.78 is 0. The van der Waals surface area contributed by atoms with E-state index in [4.69, 9.17) is 5.73 Å². The van der Waals surface area contributed by atoms with Crippen molar-refractivity contribution in [3.8, 4) is 0 Å². The summed E-state index contributed by atoms with van der Waals surface area (Å²) in [4.78, 5) is 3.95. The van der Waals surface area contributed by atoms with Gasteiger partial charge < -0.3 is 5.73 Å². The van der Waals surface area contributed by atoms with Crippen molar-refractivity contribution in [1.29, 1.82) is 0 Å². The van der Waals surface area contributed by atoms with Crippen molar-refractivity contribution >= 4 is 22.7 Å². The molecule has 0 saturated carbocycles. The van der Waals surface area contributed by atoms with E-state index < -0.39 is 0 Å². The number of rotatable bonds is 2. The van der Waals surface area contributed by atoms with Crippen molar-refractivity contribution in [1.82, 2.24) is 0 Å². The summed E-state index contributed by atoms with van der Waals surface area (Å²) in [7, 11) is 0. The zero-order chi connectivity index (χ0) is 12.6. The van der Waals surface area contributed by atoms with E-state index in [0.29, 0.717) is 0 Å². The van der Waals surface area contributed by atoms with E-state index >= 15 is 0 Å². The molecule has 0 bridgehead atoms. The summed E-state index contributed by atoms with van der Waals surface area (Å²) >= 11 is 3.59. The van der Waals surface area contributed by atoms with Crippen molar-refractivity contribution in [2.45, 2.75) is 39.2 Å². The van der Waals surface area contributed by atoms with Gasteiger partial charge in [0.25, 0.3) is 0 Å². The van der Waals surface area contributed by atoms with Crippen LogP contribution in [0.2, 0.25) is 0 Å². The maximum absolute atomic E-state index is 6.34. The standard InChI is InChI=1S/C14H19NS2/c1-9-7-8-16-13(9)12(15)10-5-6-11(17-10)14(2,3)4/h5-8,12H,15H2,1-4H3. The number of nitrogens with two attached hydrogens (primary N) is 1. The zero-order valence-electron chi connectivity index (χ0n) is 10.8. The van der Waals surface area contributed by atoms with Crippen molar-refractivity contribution < 1.29 is 0 Å². The molecular weight excluding hydrogens is 246 g/mol. The lowest BCUT2D eigenvalue weighted by Gasteiger charge is -2.15. The van der Waals surface area contributed by atoms with Crippen LogP contribution in [0.25, 0.3) is 0 Å². The number of hydrogen-bond acceptors (Lipinski definition) is 3. The van der Waals surface area contributed by atoms with Gasteiger partial charge in [0.05, 0.1) is 6.04 Å². The Hall–Kier alpha value is -0.640. The van der Waals surface area contributed by atoms with Crippen molar-refractivity contribution in [2.24, 2.45) is 5.73 Å². The molecule has 2 aromatic heterocycles. The fraction of sp³-hybridized carbons (Fsp3) is 0.429. The minimum atomic E-state index is 0.0381. The molecule has 2 heterocycles. The second-order valence-corrected chi connectivity index (χ2v) is 7.46. The van der Waals surface area contributed by atoms with Gasteiger partial charge in [-0.05, 0) is 41.5 Å². The zero-order valence-corrected chi connectivity index (χ0v) is 12.4. The van der Waals surface area contributed by atoms with Gasteiger partial charge in [0.15, 0.2) is 0 Å². The summed E-state index contributed by atoms with van der Waals surface area (Å²) in [6, 6.07) is 6.56. The van der Waals surface area contributed by atoms with Gasteiger partial charge in [-0.2, -0.15) is 0 Å². The van der Waals surface area contributed by atoms with E-state index in [-0.39, 0.29) is 11.5 Å². The molecule has 1 atom stereocenters. The van der Waals surface area contributed by atoms with Crippen molar-refractivity contribution in [2.75, 3.05) is 0 Å². The fourth-order valence-corrected chi connectivity index (χ4v) is 3.85. The Bertz CT molecular complexity index is 502. The van der Waals surface area contributed by atoms with Gasteiger partial charge in [-0.15, -0.1) is 22.7 Å². The molecule has 0 aliphatic heterocycles. The van der Waals surface area contributed by atoms with Gasteiger partial charge in [0, 0.05) is 14.6 Å². The number of thiophene rings is 2. The SMILES string of the molecule is Cc1ccsc1C(N)c1ccc(C(C)(C)C)s1. The summed E-state index contributed by atoms with van der Waals surface area (Å²) in [5.41, 5.74) is 7.85. The van der Waals surface area contributed by atoms with Crippen LogP contribution in [0.5, 0.6) is 0 Å². The van der Waals surface area contributed by atoms with Crippen LogP contribution in [0.4, 0.5) is 0 Å². The largest absolute Gasteiger partial charge is 0.319 e. The van der Waals surface area contributed by atoms with E-state index in [9.17, 15) is 0 Å². The molecule has 1 unspecified atom stereocenters. The Balaban J connectivity index is 2.30. The summed E-state index contributed by atoms with van der Waals surface area (Å²) in [6.45, 7) is 8.85. The van der Waals surface area contributed by atoms with Crippen LogP contribution >= 0.6 is 22.7 Å². The first-order valence-electron chi connectivity index (χ1n) is 5.79. The molecule has 3 heteroatoms. The monoisotopic (exact) mass is 265 g/mol. The quantitative estimate of drug-likeness (QED) is 0.852. The molecule has 2 aromatic rings. The molecule has 0 aliphatic carbocycles. The predicted octanol–water partition coefficient (Wildman–Crippen LogP) is 4.46. The molecule has 2 rings (SSSR count). The summed E-state index contributed by atoms with van der Waals surface area (Å²) in [5.74, 6) is 0. The lowest BCUT2D eigenvalue weighted by atomic mass is 9.95. The lowest BCUT2D eigenvalue weighted by Crippen LogP contribution is -2.10. The highest BCUT2D eigenvalue weighted by Crippen LogP contribution is 2.35. The van der Waals surface area contributed by atoms with Gasteiger partial charge >= 0.3 is 0 Å². The molecule has 2 N–H and O–H groups in total. The van der Waals surface area contributed by atoms with Crippen molar-refractivity contribution in [3.05, 3.63) is 43.8 Å². The van der Waals surface area contributed by atoms with Crippen LogP contribution in [0, 0.1) is 6.92 Å². The minimum Gasteiger partial charge on any atom is -0.319 e. The smallest absolute Gasteiger partial charge is 0.0742 e. The lowest BCUT2D eigenvalue weighted by molar-refractivity contribution is 0.604. The van der Waals surface area contributed by atoms with Gasteiger partial charge in [0.1, 0.15) is 0 Å². The Morgan fingerprint density at radius 3 is 2.35 bits per heavy atom. The van der Waals surface area contributed by atoms with Crippen LogP contribution < -0.4 is 5.73 Å². The van der Waals surface area contributed by atoms with Crippen molar-refractivity contribution in [3.63, 3.8) is 0 Å². The second kappa shape index (κ2) is 4.56. The third kappa shape index (κ3) is 2.62. The van der Waals surface area contributed by atoms with Crippen LogP contribution in [0.15, 0.2) is 23.6 Å². The number of aryl methyl sites for hydroxylation is 1.